The van der Waals surface area contributed by atoms with Gasteiger partial charge in [0.05, 0.1) is 13.2 Å². The van der Waals surface area contributed by atoms with Gasteiger partial charge < -0.3 is 19.3 Å². The summed E-state index contributed by atoms with van der Waals surface area (Å²) in [6, 6.07) is 5.87. The molecular weight excluding hydrogens is 304 g/mol. The minimum atomic E-state index is -0.695. The fourth-order valence-electron chi connectivity index (χ4n) is 1.49. The molecule has 0 radical (unpaired) electrons. The lowest BCUT2D eigenvalue weighted by Crippen LogP contribution is -2.10. The highest BCUT2D eigenvalue weighted by atomic mass is 16.5. The van der Waals surface area contributed by atoms with E-state index in [0.717, 1.165) is 12.2 Å². The van der Waals surface area contributed by atoms with Crippen LogP contribution in [-0.4, -0.2) is 36.2 Å². The zero-order chi connectivity index (χ0) is 17.1. The van der Waals surface area contributed by atoms with Gasteiger partial charge in [0.25, 0.3) is 0 Å². The van der Waals surface area contributed by atoms with Crippen LogP contribution in [0.1, 0.15) is 19.8 Å². The molecule has 0 atom stereocenters. The molecule has 23 heavy (non-hydrogen) atoms. The van der Waals surface area contributed by atoms with Crippen LogP contribution in [0.15, 0.2) is 36.4 Å². The Morgan fingerprint density at radius 3 is 2.48 bits per heavy atom. The third-order valence-electron chi connectivity index (χ3n) is 2.46. The summed E-state index contributed by atoms with van der Waals surface area (Å²) >= 11 is 0. The maximum atomic E-state index is 11.5. The van der Waals surface area contributed by atoms with Crippen molar-refractivity contribution in [1.29, 1.82) is 0 Å². The normalized spacial score (nSPS) is 10.3. The maximum Gasteiger partial charge on any atom is 0.331 e. The van der Waals surface area contributed by atoms with E-state index in [9.17, 15) is 19.5 Å². The zero-order valence-corrected chi connectivity index (χ0v) is 12.7. The summed E-state index contributed by atoms with van der Waals surface area (Å²) in [5, 5.41) is 9.24. The molecule has 0 aliphatic rings. The van der Waals surface area contributed by atoms with Crippen molar-refractivity contribution in [2.75, 3.05) is 13.2 Å². The van der Waals surface area contributed by atoms with Crippen molar-refractivity contribution in [3.05, 3.63) is 36.4 Å². The molecule has 124 valence electrons. The molecule has 7 heteroatoms. The van der Waals surface area contributed by atoms with Crippen molar-refractivity contribution in [3.8, 4) is 11.5 Å². The van der Waals surface area contributed by atoms with E-state index < -0.39 is 17.9 Å². The third kappa shape index (κ3) is 8.25. The predicted octanol–water partition coefficient (Wildman–Crippen LogP) is 1.74. The first-order valence-electron chi connectivity index (χ1n) is 7.02. The number of carbonyl (C=O) groups is 3. The Kier molecular flexibility index (Phi) is 7.91. The first-order valence-corrected chi connectivity index (χ1v) is 7.02. The largest absolute Gasteiger partial charge is 0.508 e. The Balaban J connectivity index is 2.20. The van der Waals surface area contributed by atoms with Crippen LogP contribution in [0, 0.1) is 0 Å². The van der Waals surface area contributed by atoms with Gasteiger partial charge in [0.1, 0.15) is 11.5 Å². The zero-order valence-electron chi connectivity index (χ0n) is 12.7. The minimum absolute atomic E-state index is 0.00221. The Hall–Kier alpha value is -2.83. The van der Waals surface area contributed by atoms with E-state index in [0.29, 0.717) is 0 Å². The second-order valence-corrected chi connectivity index (χ2v) is 4.33. The number of benzene rings is 1. The minimum Gasteiger partial charge on any atom is -0.508 e. The van der Waals surface area contributed by atoms with Crippen LogP contribution in [0.3, 0.4) is 0 Å². The molecule has 0 heterocycles. The number of rotatable bonds is 8. The van der Waals surface area contributed by atoms with E-state index in [-0.39, 0.29) is 37.6 Å². The van der Waals surface area contributed by atoms with E-state index in [1.54, 1.807) is 13.0 Å². The molecule has 0 unspecified atom stereocenters. The standard InChI is InChI=1S/C16H18O7/c1-2-21-14(18)8-9-15(19)22-10-4-7-16(20)23-13-6-3-5-12(17)11-13/h3,5-6,8-9,11,17H,2,4,7,10H2,1H3/b9-8+. The molecule has 0 spiro atoms. The topological polar surface area (TPSA) is 99.1 Å². The van der Waals surface area contributed by atoms with Crippen LogP contribution in [-0.2, 0) is 23.9 Å². The first kappa shape index (κ1) is 18.2. The summed E-state index contributed by atoms with van der Waals surface area (Å²) in [5.74, 6) is -1.59. The van der Waals surface area contributed by atoms with E-state index in [1.807, 2.05) is 0 Å². The number of phenols is 1. The molecule has 0 fully saturated rings. The number of esters is 3. The SMILES string of the molecule is CCOC(=O)/C=C/C(=O)OCCCC(=O)Oc1cccc(O)c1. The van der Waals surface area contributed by atoms with Crippen molar-refractivity contribution < 1.29 is 33.7 Å². The third-order valence-corrected chi connectivity index (χ3v) is 2.46. The average molecular weight is 322 g/mol. The van der Waals surface area contributed by atoms with Crippen LogP contribution < -0.4 is 4.74 Å². The van der Waals surface area contributed by atoms with Crippen molar-refractivity contribution in [2.24, 2.45) is 0 Å². The predicted molar refractivity (Wildman–Crippen MR) is 79.7 cm³/mol. The number of hydrogen-bond donors (Lipinski definition) is 1. The highest BCUT2D eigenvalue weighted by molar-refractivity contribution is 5.91. The van der Waals surface area contributed by atoms with Gasteiger partial charge in [-0.15, -0.1) is 0 Å². The second-order valence-electron chi connectivity index (χ2n) is 4.33. The van der Waals surface area contributed by atoms with E-state index in [1.165, 1.54) is 18.2 Å². The number of carbonyl (C=O) groups excluding carboxylic acids is 3. The Morgan fingerprint density at radius 1 is 1.13 bits per heavy atom. The monoisotopic (exact) mass is 322 g/mol. The van der Waals surface area contributed by atoms with Crippen LogP contribution in [0.2, 0.25) is 0 Å². The molecule has 1 aromatic carbocycles. The van der Waals surface area contributed by atoms with Crippen molar-refractivity contribution in [3.63, 3.8) is 0 Å². The van der Waals surface area contributed by atoms with Gasteiger partial charge in [-0.2, -0.15) is 0 Å². The summed E-state index contributed by atoms with van der Waals surface area (Å²) in [6.45, 7) is 1.89. The average Bonchev–Trinajstić information content (AvgIpc) is 2.50. The van der Waals surface area contributed by atoms with E-state index in [2.05, 4.69) is 4.74 Å². The van der Waals surface area contributed by atoms with Crippen LogP contribution in [0.4, 0.5) is 0 Å². The van der Waals surface area contributed by atoms with Gasteiger partial charge in [-0.3, -0.25) is 4.79 Å². The quantitative estimate of drug-likeness (QED) is 0.337. The molecule has 1 rings (SSSR count). The smallest absolute Gasteiger partial charge is 0.331 e. The fraction of sp³-hybridized carbons (Fsp3) is 0.312. The van der Waals surface area contributed by atoms with Crippen LogP contribution in [0.5, 0.6) is 11.5 Å². The Labute approximate surface area is 133 Å². The maximum absolute atomic E-state index is 11.5. The van der Waals surface area contributed by atoms with E-state index in [4.69, 9.17) is 9.47 Å². The number of ether oxygens (including phenoxy) is 3. The summed E-state index contributed by atoms with van der Waals surface area (Å²) in [4.78, 5) is 33.8. The van der Waals surface area contributed by atoms with Crippen LogP contribution >= 0.6 is 0 Å². The van der Waals surface area contributed by atoms with Gasteiger partial charge in [0, 0.05) is 24.6 Å². The van der Waals surface area contributed by atoms with Crippen molar-refractivity contribution >= 4 is 17.9 Å². The summed E-state index contributed by atoms with van der Waals surface area (Å²) in [7, 11) is 0. The van der Waals surface area contributed by atoms with Gasteiger partial charge in [0.15, 0.2) is 0 Å². The molecule has 0 aromatic heterocycles. The Morgan fingerprint density at radius 2 is 1.83 bits per heavy atom. The van der Waals surface area contributed by atoms with Gasteiger partial charge in [-0.25, -0.2) is 9.59 Å². The fourth-order valence-corrected chi connectivity index (χ4v) is 1.49. The number of aromatic hydroxyl groups is 1. The van der Waals surface area contributed by atoms with E-state index >= 15 is 0 Å². The van der Waals surface area contributed by atoms with Gasteiger partial charge in [0.2, 0.25) is 0 Å². The molecule has 0 saturated carbocycles. The molecular formula is C16H18O7. The highest BCUT2D eigenvalue weighted by Crippen LogP contribution is 2.18. The van der Waals surface area contributed by atoms with Crippen molar-refractivity contribution in [2.45, 2.75) is 19.8 Å². The van der Waals surface area contributed by atoms with Gasteiger partial charge in [-0.1, -0.05) is 6.07 Å². The molecule has 0 amide bonds. The number of phenolic OH excluding ortho intramolecular Hbond substituents is 1. The molecule has 0 bridgehead atoms. The van der Waals surface area contributed by atoms with Gasteiger partial charge >= 0.3 is 17.9 Å². The second kappa shape index (κ2) is 9.99. The lowest BCUT2D eigenvalue weighted by Gasteiger charge is -2.05. The summed E-state index contributed by atoms with van der Waals surface area (Å²) in [6.07, 6.45) is 2.26. The molecule has 1 N–H and O–H groups in total. The lowest BCUT2D eigenvalue weighted by atomic mass is 10.3. The molecule has 7 nitrogen and oxygen atoms in total. The first-order chi connectivity index (χ1) is 11.0. The molecule has 0 saturated heterocycles. The molecule has 0 aliphatic heterocycles. The Bertz CT molecular complexity index is 578. The van der Waals surface area contributed by atoms with Crippen LogP contribution in [0.25, 0.3) is 0 Å². The highest BCUT2D eigenvalue weighted by Gasteiger charge is 2.06. The molecule has 1 aromatic rings. The number of hydrogen-bond acceptors (Lipinski definition) is 7. The lowest BCUT2D eigenvalue weighted by molar-refractivity contribution is -0.141. The summed E-state index contributed by atoms with van der Waals surface area (Å²) in [5.41, 5.74) is 0. The molecule has 0 aliphatic carbocycles. The van der Waals surface area contributed by atoms with Crippen molar-refractivity contribution in [1.82, 2.24) is 0 Å². The van der Waals surface area contributed by atoms with Gasteiger partial charge in [-0.05, 0) is 25.5 Å². The summed E-state index contributed by atoms with van der Waals surface area (Å²) < 4.78 is 14.4.